The second-order valence-electron chi connectivity index (χ2n) is 9.32. The Labute approximate surface area is 237 Å². The molecule has 41 heavy (non-hydrogen) atoms. The fourth-order valence-electron chi connectivity index (χ4n) is 3.79. The van der Waals surface area contributed by atoms with Gasteiger partial charge in [0, 0.05) is 19.4 Å². The molecule has 0 aromatic heterocycles. The standard InChI is InChI=1S/C27H37N7O7/c28-19(7-4-12-31-27(29)30)23(37)32-20(13-17-8-10-18(36)11-9-17)24(38)34-22(15-35)25(39)33-21(26(40)41)14-16-5-2-1-3-6-16/h1-3,5-6,8-11,19-22,35-36H,4,7,12-15,28H2,(H,32,37)(H,33,39)(H,34,38)(H,40,41)(H4,29,30,31). The fraction of sp³-hybridized carbons (Fsp3) is 0.370. The van der Waals surface area contributed by atoms with Crippen LogP contribution in [0.3, 0.4) is 0 Å². The van der Waals surface area contributed by atoms with Gasteiger partial charge in [-0.3, -0.25) is 19.4 Å². The molecule has 0 saturated carbocycles. The summed E-state index contributed by atoms with van der Waals surface area (Å²) in [6.45, 7) is -0.574. The van der Waals surface area contributed by atoms with Gasteiger partial charge < -0.3 is 48.5 Å². The molecule has 222 valence electrons. The van der Waals surface area contributed by atoms with Crippen LogP contribution in [0.25, 0.3) is 0 Å². The summed E-state index contributed by atoms with van der Waals surface area (Å²) in [6, 6.07) is 9.50. The number of rotatable bonds is 16. The lowest BCUT2D eigenvalue weighted by molar-refractivity contribution is -0.142. The van der Waals surface area contributed by atoms with E-state index in [0.717, 1.165) is 0 Å². The fourth-order valence-corrected chi connectivity index (χ4v) is 3.79. The molecule has 4 atom stereocenters. The Morgan fingerprint density at radius 1 is 0.780 bits per heavy atom. The zero-order valence-corrected chi connectivity index (χ0v) is 22.4. The minimum Gasteiger partial charge on any atom is -0.508 e. The van der Waals surface area contributed by atoms with Crippen molar-refractivity contribution in [3.63, 3.8) is 0 Å². The maximum atomic E-state index is 13.2. The number of phenols is 1. The van der Waals surface area contributed by atoms with Crippen LogP contribution in [0.15, 0.2) is 59.6 Å². The molecule has 0 spiro atoms. The molecular weight excluding hydrogens is 534 g/mol. The zero-order chi connectivity index (χ0) is 30.4. The molecular formula is C27H37N7O7. The van der Waals surface area contributed by atoms with Crippen molar-refractivity contribution in [1.29, 1.82) is 0 Å². The molecule has 14 heteroatoms. The van der Waals surface area contributed by atoms with E-state index in [-0.39, 0.29) is 37.5 Å². The molecule has 12 N–H and O–H groups in total. The van der Waals surface area contributed by atoms with Crippen molar-refractivity contribution in [2.45, 2.75) is 49.9 Å². The number of aliphatic carboxylic acids is 1. The highest BCUT2D eigenvalue weighted by molar-refractivity contribution is 5.94. The largest absolute Gasteiger partial charge is 0.508 e. The van der Waals surface area contributed by atoms with Crippen molar-refractivity contribution in [3.05, 3.63) is 65.7 Å². The SMILES string of the molecule is NC(N)=NCCCC(N)C(=O)NC(Cc1ccc(O)cc1)C(=O)NC(CO)C(=O)NC(Cc1ccccc1)C(=O)O. The highest BCUT2D eigenvalue weighted by atomic mass is 16.4. The number of amides is 3. The van der Waals surface area contributed by atoms with E-state index in [4.69, 9.17) is 17.2 Å². The Morgan fingerprint density at radius 2 is 1.32 bits per heavy atom. The van der Waals surface area contributed by atoms with E-state index in [1.165, 1.54) is 12.1 Å². The Kier molecular flexibility index (Phi) is 13.0. The number of nitrogens with zero attached hydrogens (tertiary/aromatic N) is 1. The lowest BCUT2D eigenvalue weighted by Gasteiger charge is -2.24. The number of carboxylic acids is 1. The first-order chi connectivity index (χ1) is 19.5. The molecule has 2 rings (SSSR count). The van der Waals surface area contributed by atoms with Crippen molar-refractivity contribution in [2.75, 3.05) is 13.2 Å². The second kappa shape index (κ2) is 16.4. The first kappa shape index (κ1) is 32.5. The third-order valence-electron chi connectivity index (χ3n) is 6.03. The number of carbonyl (C=O) groups excluding carboxylic acids is 3. The maximum Gasteiger partial charge on any atom is 0.326 e. The van der Waals surface area contributed by atoms with Gasteiger partial charge in [-0.05, 0) is 36.1 Å². The van der Waals surface area contributed by atoms with Gasteiger partial charge in [0.1, 0.15) is 23.9 Å². The number of carboxylic acid groups (broad SMARTS) is 1. The van der Waals surface area contributed by atoms with Crippen molar-refractivity contribution in [1.82, 2.24) is 16.0 Å². The number of aliphatic hydroxyl groups excluding tert-OH is 1. The van der Waals surface area contributed by atoms with Gasteiger partial charge in [-0.2, -0.15) is 0 Å². The minimum atomic E-state index is -1.51. The van der Waals surface area contributed by atoms with Gasteiger partial charge in [0.05, 0.1) is 12.6 Å². The second-order valence-corrected chi connectivity index (χ2v) is 9.32. The number of nitrogens with two attached hydrogens (primary N) is 3. The summed E-state index contributed by atoms with van der Waals surface area (Å²) >= 11 is 0. The van der Waals surface area contributed by atoms with Gasteiger partial charge >= 0.3 is 5.97 Å². The number of aliphatic imine (C=N–C) groups is 1. The molecule has 2 aromatic rings. The van der Waals surface area contributed by atoms with E-state index in [1.807, 2.05) is 0 Å². The first-order valence-corrected chi connectivity index (χ1v) is 12.9. The smallest absolute Gasteiger partial charge is 0.326 e. The van der Waals surface area contributed by atoms with E-state index in [0.29, 0.717) is 17.5 Å². The van der Waals surface area contributed by atoms with Crippen LogP contribution >= 0.6 is 0 Å². The number of nitrogens with one attached hydrogen (secondary N) is 3. The molecule has 2 aromatic carbocycles. The van der Waals surface area contributed by atoms with E-state index < -0.39 is 54.5 Å². The minimum absolute atomic E-state index is 0.00193. The average molecular weight is 572 g/mol. The van der Waals surface area contributed by atoms with Crippen molar-refractivity contribution >= 4 is 29.7 Å². The number of hydrogen-bond acceptors (Lipinski definition) is 8. The Morgan fingerprint density at radius 3 is 1.90 bits per heavy atom. The van der Waals surface area contributed by atoms with Crippen LogP contribution in [-0.4, -0.2) is 82.3 Å². The Hall–Kier alpha value is -4.69. The zero-order valence-electron chi connectivity index (χ0n) is 22.4. The molecule has 0 heterocycles. The maximum absolute atomic E-state index is 13.2. The van der Waals surface area contributed by atoms with E-state index in [1.54, 1.807) is 42.5 Å². The molecule has 0 radical (unpaired) electrons. The predicted octanol–water partition coefficient (Wildman–Crippen LogP) is -1.91. The summed E-state index contributed by atoms with van der Waals surface area (Å²) in [5.74, 6) is -3.77. The van der Waals surface area contributed by atoms with Crippen LogP contribution < -0.4 is 33.2 Å². The first-order valence-electron chi connectivity index (χ1n) is 12.9. The lowest BCUT2D eigenvalue weighted by Crippen LogP contribution is -2.58. The number of phenolic OH excluding ortho intramolecular Hbond substituents is 1. The number of aliphatic hydroxyl groups is 1. The van der Waals surface area contributed by atoms with Crippen LogP contribution in [0.4, 0.5) is 0 Å². The monoisotopic (exact) mass is 571 g/mol. The van der Waals surface area contributed by atoms with Crippen molar-refractivity contribution in [3.8, 4) is 5.75 Å². The third-order valence-corrected chi connectivity index (χ3v) is 6.03. The topological polar surface area (TPSA) is 255 Å². The van der Waals surface area contributed by atoms with E-state index in [9.17, 15) is 34.5 Å². The average Bonchev–Trinajstić information content (AvgIpc) is 2.94. The van der Waals surface area contributed by atoms with Crippen LogP contribution in [0, 0.1) is 0 Å². The normalized spacial score (nSPS) is 13.6. The van der Waals surface area contributed by atoms with Crippen molar-refractivity contribution < 1.29 is 34.5 Å². The quantitative estimate of drug-likeness (QED) is 0.0613. The van der Waals surface area contributed by atoms with Crippen molar-refractivity contribution in [2.24, 2.45) is 22.2 Å². The van der Waals surface area contributed by atoms with Crippen LogP contribution in [-0.2, 0) is 32.0 Å². The van der Waals surface area contributed by atoms with Crippen LogP contribution in [0.5, 0.6) is 5.75 Å². The number of carbonyl (C=O) groups is 4. The predicted molar refractivity (Wildman–Crippen MR) is 150 cm³/mol. The highest BCUT2D eigenvalue weighted by Gasteiger charge is 2.30. The molecule has 0 aliphatic carbocycles. The summed E-state index contributed by atoms with van der Waals surface area (Å²) in [5, 5.41) is 36.2. The lowest BCUT2D eigenvalue weighted by atomic mass is 10.0. The van der Waals surface area contributed by atoms with Gasteiger partial charge in [0.15, 0.2) is 5.96 Å². The summed E-state index contributed by atoms with van der Waals surface area (Å²) in [7, 11) is 0. The molecule has 0 bridgehead atoms. The van der Waals surface area contributed by atoms with Gasteiger partial charge in [0.25, 0.3) is 0 Å². The number of guanidine groups is 1. The molecule has 0 aliphatic rings. The van der Waals surface area contributed by atoms with E-state index in [2.05, 4.69) is 20.9 Å². The Balaban J connectivity index is 2.12. The summed E-state index contributed by atoms with van der Waals surface area (Å²) in [4.78, 5) is 54.4. The Bertz CT molecular complexity index is 1190. The molecule has 0 fully saturated rings. The molecule has 0 aliphatic heterocycles. The van der Waals surface area contributed by atoms with Gasteiger partial charge in [-0.15, -0.1) is 0 Å². The molecule has 3 amide bonds. The van der Waals surface area contributed by atoms with Crippen LogP contribution in [0.2, 0.25) is 0 Å². The van der Waals surface area contributed by atoms with E-state index >= 15 is 0 Å². The summed E-state index contributed by atoms with van der Waals surface area (Å²) < 4.78 is 0. The highest BCUT2D eigenvalue weighted by Crippen LogP contribution is 2.12. The number of hydrogen-bond donors (Lipinski definition) is 9. The van der Waals surface area contributed by atoms with Gasteiger partial charge in [-0.1, -0.05) is 42.5 Å². The number of benzene rings is 2. The van der Waals surface area contributed by atoms with Gasteiger partial charge in [0.2, 0.25) is 17.7 Å². The molecule has 0 saturated heterocycles. The summed E-state index contributed by atoms with van der Waals surface area (Å²) in [5.41, 5.74) is 17.8. The van der Waals surface area contributed by atoms with Crippen LogP contribution in [0.1, 0.15) is 24.0 Å². The molecule has 4 unspecified atom stereocenters. The van der Waals surface area contributed by atoms with Gasteiger partial charge in [-0.25, -0.2) is 4.79 Å². The molecule has 14 nitrogen and oxygen atoms in total. The third kappa shape index (κ3) is 11.5. The summed E-state index contributed by atoms with van der Waals surface area (Å²) in [6.07, 6.45) is 0.566. The number of aromatic hydroxyl groups is 1.